The first kappa shape index (κ1) is 28.8. The summed E-state index contributed by atoms with van der Waals surface area (Å²) in [7, 11) is 0. The Morgan fingerprint density at radius 1 is 1.25 bits per heavy atom. The average molecular weight is 363 g/mol. The van der Waals surface area contributed by atoms with Gasteiger partial charge in [-0.15, -0.1) is 6.58 Å². The number of nitrogens with zero attached hydrogens (tertiary/aromatic N) is 2. The molecule has 8 nitrogen and oxygen atoms in total. The van der Waals surface area contributed by atoms with Gasteiger partial charge in [0.25, 0.3) is 0 Å². The van der Waals surface area contributed by atoms with Crippen LogP contribution >= 0.6 is 0 Å². The topological polar surface area (TPSA) is 116 Å². The monoisotopic (exact) mass is 363 g/mol. The SMILES string of the molecule is C=CCO.CC(OC(C)[N+]1(C(C)C(=O)O)C=CN=C1)C(=O)O.[NaH].[NaH]. The summed E-state index contributed by atoms with van der Waals surface area (Å²) in [5.74, 6) is -2.10. The molecule has 4 unspecified atom stereocenters. The summed E-state index contributed by atoms with van der Waals surface area (Å²) in [5, 5.41) is 25.7. The third-order valence-corrected chi connectivity index (χ3v) is 3.21. The Kier molecular flexibility index (Phi) is 17.0. The van der Waals surface area contributed by atoms with Crippen molar-refractivity contribution < 1.29 is 34.1 Å². The van der Waals surface area contributed by atoms with Crippen LogP contribution in [0, 0.1) is 0 Å². The molecule has 1 aliphatic heterocycles. The van der Waals surface area contributed by atoms with E-state index < -0.39 is 30.3 Å². The predicted molar refractivity (Wildman–Crippen MR) is 94.2 cm³/mol. The minimum atomic E-state index is -1.09. The van der Waals surface area contributed by atoms with Gasteiger partial charge in [-0.1, -0.05) is 6.08 Å². The van der Waals surface area contributed by atoms with E-state index in [1.54, 1.807) is 13.1 Å². The van der Waals surface area contributed by atoms with E-state index in [0.29, 0.717) is 0 Å². The number of quaternary nitrogens is 1. The summed E-state index contributed by atoms with van der Waals surface area (Å²) in [6.07, 6.45) is 4.25. The molecule has 0 saturated heterocycles. The molecule has 4 atom stereocenters. The first-order valence-electron chi connectivity index (χ1n) is 6.65. The summed E-state index contributed by atoms with van der Waals surface area (Å²) < 4.78 is 5.18. The van der Waals surface area contributed by atoms with Crippen molar-refractivity contribution in [3.8, 4) is 0 Å². The van der Waals surface area contributed by atoms with Crippen LogP contribution in [0.4, 0.5) is 0 Å². The summed E-state index contributed by atoms with van der Waals surface area (Å²) >= 11 is 0. The molecule has 1 rings (SSSR count). The molecule has 0 radical (unpaired) electrons. The van der Waals surface area contributed by atoms with Crippen molar-refractivity contribution in [2.45, 2.75) is 39.1 Å². The average Bonchev–Trinajstić information content (AvgIpc) is 2.97. The molecule has 3 N–H and O–H groups in total. The number of aliphatic imine (C=N–C) groups is 1. The van der Waals surface area contributed by atoms with Crippen LogP contribution in [0.1, 0.15) is 20.8 Å². The molecule has 128 valence electrons. The zero-order chi connectivity index (χ0) is 17.3. The number of hydrogen-bond donors (Lipinski definition) is 3. The number of hydrogen-bond acceptors (Lipinski definition) is 5. The van der Waals surface area contributed by atoms with E-state index >= 15 is 0 Å². The summed E-state index contributed by atoms with van der Waals surface area (Å²) in [6, 6.07) is -0.816. The molecular weight excluding hydrogens is 338 g/mol. The molecule has 0 saturated carbocycles. The van der Waals surface area contributed by atoms with E-state index in [2.05, 4.69) is 11.6 Å². The number of carbonyl (C=O) groups is 2. The molecule has 0 spiro atoms. The molecule has 0 aromatic heterocycles. The van der Waals surface area contributed by atoms with E-state index in [1.807, 2.05) is 0 Å². The van der Waals surface area contributed by atoms with Crippen molar-refractivity contribution in [2.24, 2.45) is 4.99 Å². The second-order valence-electron chi connectivity index (χ2n) is 4.66. The molecule has 1 aliphatic rings. The molecule has 24 heavy (non-hydrogen) atoms. The molecule has 1 heterocycles. The number of rotatable bonds is 7. The van der Waals surface area contributed by atoms with Crippen LogP contribution in [0.3, 0.4) is 0 Å². The normalized spacial score (nSPS) is 21.2. The molecule has 0 fully saturated rings. The summed E-state index contributed by atoms with van der Waals surface area (Å²) in [4.78, 5) is 25.8. The van der Waals surface area contributed by atoms with Crippen LogP contribution in [0.2, 0.25) is 0 Å². The van der Waals surface area contributed by atoms with E-state index in [4.69, 9.17) is 20.1 Å². The first-order chi connectivity index (χ1) is 10.2. The fourth-order valence-corrected chi connectivity index (χ4v) is 1.76. The van der Waals surface area contributed by atoms with E-state index in [1.165, 1.54) is 32.5 Å². The predicted octanol–water partition coefficient (Wildman–Crippen LogP) is -0.507. The van der Waals surface area contributed by atoms with Gasteiger partial charge in [0.2, 0.25) is 6.23 Å². The Morgan fingerprint density at radius 3 is 2.04 bits per heavy atom. The van der Waals surface area contributed by atoms with E-state index in [0.717, 1.165) is 0 Å². The molecule has 0 aliphatic carbocycles. The van der Waals surface area contributed by atoms with Gasteiger partial charge < -0.3 is 20.1 Å². The second kappa shape index (κ2) is 14.2. The quantitative estimate of drug-likeness (QED) is 0.319. The number of aliphatic hydroxyl groups excluding tert-OH is 1. The molecule has 0 amide bonds. The Bertz CT molecular complexity index is 458. The Morgan fingerprint density at radius 2 is 1.75 bits per heavy atom. The number of carboxylic acids is 2. The van der Waals surface area contributed by atoms with E-state index in [9.17, 15) is 9.59 Å². The van der Waals surface area contributed by atoms with Crippen LogP contribution in [0.25, 0.3) is 0 Å². The molecular formula is C14H25N2Na2O6+. The zero-order valence-electron chi connectivity index (χ0n) is 12.9. The van der Waals surface area contributed by atoms with Crippen LogP contribution in [-0.2, 0) is 14.3 Å². The Labute approximate surface area is 186 Å². The van der Waals surface area contributed by atoms with Gasteiger partial charge in [-0.3, -0.25) is 0 Å². The molecule has 0 aromatic rings. The first-order valence-corrected chi connectivity index (χ1v) is 6.65. The van der Waals surface area contributed by atoms with Crippen LogP contribution in [0.15, 0.2) is 30.0 Å². The molecule has 0 aromatic carbocycles. The van der Waals surface area contributed by atoms with Gasteiger partial charge in [0.05, 0.1) is 12.8 Å². The van der Waals surface area contributed by atoms with Crippen LogP contribution in [-0.4, -0.2) is 122 Å². The van der Waals surface area contributed by atoms with Gasteiger partial charge >= 0.3 is 71.1 Å². The van der Waals surface area contributed by atoms with Gasteiger partial charge in [0.15, 0.2) is 18.5 Å². The van der Waals surface area contributed by atoms with Crippen LogP contribution < -0.4 is 0 Å². The van der Waals surface area contributed by atoms with Crippen molar-refractivity contribution in [3.05, 3.63) is 25.1 Å². The Hall–Kier alpha value is -0.0300. The maximum atomic E-state index is 11.1. The standard InChI is InChI=1S/C11H16N2O5.C3H6O.2Na.2H/c1-7(10(14)15)13(5-4-12-6-13)9(3)18-8(2)11(16)17;1-2-3-4;;;;/h4-9H,1-3H3,(H-,14,15,16,17);2,4H,1,3H2;;;;/p+1. The van der Waals surface area contributed by atoms with Gasteiger partial charge in [-0.05, 0) is 13.8 Å². The van der Waals surface area contributed by atoms with Crippen molar-refractivity contribution in [1.29, 1.82) is 0 Å². The number of aliphatic hydroxyl groups is 1. The van der Waals surface area contributed by atoms with E-state index in [-0.39, 0.29) is 70.2 Å². The zero-order valence-corrected chi connectivity index (χ0v) is 12.9. The van der Waals surface area contributed by atoms with Crippen molar-refractivity contribution in [3.63, 3.8) is 0 Å². The minimum absolute atomic E-state index is 0. The van der Waals surface area contributed by atoms with Gasteiger partial charge in [0.1, 0.15) is 6.20 Å². The Balaban J connectivity index is -0.000000661. The molecule has 10 heteroatoms. The third-order valence-electron chi connectivity index (χ3n) is 3.21. The molecule has 0 bridgehead atoms. The van der Waals surface area contributed by atoms with Crippen LogP contribution in [0.5, 0.6) is 0 Å². The maximum absolute atomic E-state index is 11.1. The summed E-state index contributed by atoms with van der Waals surface area (Å²) in [5.41, 5.74) is 0. The number of ether oxygens (including phenoxy) is 1. The fourth-order valence-electron chi connectivity index (χ4n) is 1.76. The number of aliphatic carboxylic acids is 2. The number of carboxylic acid groups (broad SMARTS) is 2. The van der Waals surface area contributed by atoms with Gasteiger partial charge in [-0.25, -0.2) is 19.1 Å². The van der Waals surface area contributed by atoms with Gasteiger partial charge in [-0.2, -0.15) is 0 Å². The summed E-state index contributed by atoms with van der Waals surface area (Å²) in [6.45, 7) is 7.86. The van der Waals surface area contributed by atoms with Crippen molar-refractivity contribution in [2.75, 3.05) is 6.61 Å². The third kappa shape index (κ3) is 8.37. The van der Waals surface area contributed by atoms with Crippen molar-refractivity contribution >= 4 is 77.4 Å². The second-order valence-corrected chi connectivity index (χ2v) is 4.66. The van der Waals surface area contributed by atoms with Gasteiger partial charge in [0, 0.05) is 6.92 Å². The fraction of sp³-hybridized carbons (Fsp3) is 0.500. The van der Waals surface area contributed by atoms with Crippen molar-refractivity contribution in [1.82, 2.24) is 0 Å².